The van der Waals surface area contributed by atoms with E-state index in [1.807, 2.05) is 42.5 Å². The molecule has 0 fully saturated rings. The second kappa shape index (κ2) is 11.1. The Morgan fingerprint density at radius 1 is 1.10 bits per heavy atom. The summed E-state index contributed by atoms with van der Waals surface area (Å²) in [4.78, 5) is 29.4. The van der Waals surface area contributed by atoms with E-state index in [0.29, 0.717) is 12.8 Å². The van der Waals surface area contributed by atoms with Crippen molar-refractivity contribution < 1.29 is 19.1 Å². The van der Waals surface area contributed by atoms with E-state index in [1.165, 1.54) is 0 Å². The summed E-state index contributed by atoms with van der Waals surface area (Å²) in [5.74, 6) is -0.500. The van der Waals surface area contributed by atoms with Gasteiger partial charge in [0.15, 0.2) is 0 Å². The van der Waals surface area contributed by atoms with Crippen LogP contribution in [-0.2, 0) is 27.3 Å². The average Bonchev–Trinajstić information content (AvgIpc) is 2.65. The number of ether oxygens (including phenoxy) is 2. The average molecular weight is 622 g/mol. The van der Waals surface area contributed by atoms with Gasteiger partial charge in [-0.15, -0.1) is 0 Å². The van der Waals surface area contributed by atoms with E-state index in [4.69, 9.17) is 9.47 Å². The van der Waals surface area contributed by atoms with E-state index in [0.717, 1.165) is 18.5 Å². The van der Waals surface area contributed by atoms with Crippen molar-refractivity contribution in [1.82, 2.24) is 10.3 Å². The fourth-order valence-corrected chi connectivity index (χ4v) is 3.20. The largest absolute Gasteiger partial charge is 0.459 e. The fraction of sp³-hybridized carbons (Fsp3) is 0.381. The minimum atomic E-state index is -0.827. The molecule has 0 aliphatic heterocycles. The number of carbonyl (C=O) groups excluding carboxylic acids is 2. The molecule has 0 saturated carbocycles. The topological polar surface area (TPSA) is 77.5 Å². The molecule has 0 spiro atoms. The third-order valence-corrected chi connectivity index (χ3v) is 6.47. The van der Waals surface area contributed by atoms with Gasteiger partial charge < -0.3 is 14.8 Å². The Labute approximate surface area is 198 Å². The number of halogens is 2. The van der Waals surface area contributed by atoms with Crippen LogP contribution in [0.2, 0.25) is 0 Å². The molecular weight excluding hydrogens is 598 g/mol. The number of nitrogens with zero attached hydrogens (tertiary/aromatic N) is 1. The number of carbonyl (C=O) groups is 2. The molecule has 2 aromatic rings. The highest BCUT2D eigenvalue weighted by Gasteiger charge is 2.25. The van der Waals surface area contributed by atoms with Gasteiger partial charge in [-0.3, -0.25) is 0 Å². The number of rotatable bonds is 7. The molecule has 1 heterocycles. The number of hydrogen-bond donors (Lipinski definition) is 1. The molecule has 0 aliphatic carbocycles. The van der Waals surface area contributed by atoms with Crippen LogP contribution in [0.5, 0.6) is 0 Å². The summed E-state index contributed by atoms with van der Waals surface area (Å²) in [5, 5.41) is 2.64. The number of aryl methyl sites for hydroxylation is 1. The molecule has 1 aromatic carbocycles. The third-order valence-electron chi connectivity index (χ3n) is 3.75. The number of amides is 1. The van der Waals surface area contributed by atoms with Gasteiger partial charge in [-0.05, 0) is 96.5 Å². The van der Waals surface area contributed by atoms with Crippen LogP contribution >= 0.6 is 45.2 Å². The maximum absolute atomic E-state index is 12.6. The number of aromatic nitrogens is 1. The van der Waals surface area contributed by atoms with Crippen molar-refractivity contribution in [2.45, 2.75) is 51.9 Å². The molecule has 29 heavy (non-hydrogen) atoms. The number of benzene rings is 1. The van der Waals surface area contributed by atoms with E-state index < -0.39 is 23.7 Å². The molecule has 1 aromatic heterocycles. The van der Waals surface area contributed by atoms with Crippen LogP contribution < -0.4 is 5.32 Å². The van der Waals surface area contributed by atoms with Gasteiger partial charge in [0.2, 0.25) is 0 Å². The number of hydrogen-bond acceptors (Lipinski definition) is 5. The summed E-state index contributed by atoms with van der Waals surface area (Å²) >= 11 is 4.40. The van der Waals surface area contributed by atoms with Crippen LogP contribution in [0.3, 0.4) is 0 Å². The van der Waals surface area contributed by atoms with Gasteiger partial charge >= 0.3 is 12.1 Å². The Kier molecular flexibility index (Phi) is 9.12. The summed E-state index contributed by atoms with van der Waals surface area (Å²) in [6.45, 7) is 5.46. The molecule has 2 rings (SSSR count). The van der Waals surface area contributed by atoms with E-state index in [-0.39, 0.29) is 6.61 Å². The van der Waals surface area contributed by atoms with Gasteiger partial charge in [0.1, 0.15) is 22.0 Å². The standard InChI is InChI=1S/C21H24I2N2O4/c1-21(2,3)29-20(27)25-17(12-10-15-9-11-16(22)18(23)24-15)19(26)28-13-14-7-5-4-6-8-14/h4-9,11,17H,10,12-13H2,1-3H3,(H,25,27)/t17-/m0/s1. The molecule has 0 radical (unpaired) electrons. The van der Waals surface area contributed by atoms with E-state index in [1.54, 1.807) is 20.8 Å². The lowest BCUT2D eigenvalue weighted by Crippen LogP contribution is -2.44. The lowest BCUT2D eigenvalue weighted by molar-refractivity contribution is -0.147. The van der Waals surface area contributed by atoms with Crippen molar-refractivity contribution in [3.63, 3.8) is 0 Å². The molecule has 0 unspecified atom stereocenters. The maximum atomic E-state index is 12.6. The van der Waals surface area contributed by atoms with Gasteiger partial charge in [0.05, 0.1) is 0 Å². The molecule has 0 saturated heterocycles. The Balaban J connectivity index is 2.03. The van der Waals surface area contributed by atoms with E-state index in [2.05, 4.69) is 55.5 Å². The molecule has 156 valence electrons. The number of esters is 1. The Morgan fingerprint density at radius 2 is 1.79 bits per heavy atom. The molecule has 1 amide bonds. The monoisotopic (exact) mass is 622 g/mol. The molecular formula is C21H24I2N2O4. The van der Waals surface area contributed by atoms with E-state index in [9.17, 15) is 9.59 Å². The van der Waals surface area contributed by atoms with Crippen molar-refractivity contribution in [1.29, 1.82) is 0 Å². The lowest BCUT2D eigenvalue weighted by atomic mass is 10.1. The SMILES string of the molecule is CC(C)(C)OC(=O)N[C@@H](CCc1ccc(I)c(I)n1)C(=O)OCc1ccccc1. The van der Waals surface area contributed by atoms with Crippen molar-refractivity contribution in [2.75, 3.05) is 0 Å². The number of nitrogens with one attached hydrogen (secondary N) is 1. The fourth-order valence-electron chi connectivity index (χ4n) is 2.41. The van der Waals surface area contributed by atoms with Gasteiger partial charge in [-0.1, -0.05) is 30.3 Å². The predicted octanol–water partition coefficient (Wildman–Crippen LogP) is 4.86. The third kappa shape index (κ3) is 8.85. The first-order valence-corrected chi connectivity index (χ1v) is 11.3. The van der Waals surface area contributed by atoms with Crippen LogP contribution in [-0.4, -0.2) is 28.7 Å². The first-order valence-electron chi connectivity index (χ1n) is 9.15. The van der Waals surface area contributed by atoms with Crippen LogP contribution in [0.1, 0.15) is 38.4 Å². The van der Waals surface area contributed by atoms with Gasteiger partial charge in [-0.25, -0.2) is 14.6 Å². The zero-order chi connectivity index (χ0) is 21.4. The van der Waals surface area contributed by atoms with Crippen LogP contribution in [0.25, 0.3) is 0 Å². The smallest absolute Gasteiger partial charge is 0.408 e. The highest BCUT2D eigenvalue weighted by Crippen LogP contribution is 2.15. The molecule has 1 atom stereocenters. The lowest BCUT2D eigenvalue weighted by Gasteiger charge is -2.23. The second-order valence-corrected chi connectivity index (χ2v) is 9.59. The Morgan fingerprint density at radius 3 is 2.41 bits per heavy atom. The maximum Gasteiger partial charge on any atom is 0.408 e. The first kappa shape index (κ1) is 23.8. The minimum Gasteiger partial charge on any atom is -0.459 e. The van der Waals surface area contributed by atoms with Crippen LogP contribution in [0, 0.1) is 7.27 Å². The quantitative estimate of drug-likeness (QED) is 0.272. The zero-order valence-corrected chi connectivity index (χ0v) is 20.9. The summed E-state index contributed by atoms with van der Waals surface area (Å²) in [6.07, 6.45) is 0.231. The van der Waals surface area contributed by atoms with Crippen molar-refractivity contribution in [2.24, 2.45) is 0 Å². The minimum absolute atomic E-state index is 0.145. The highest BCUT2D eigenvalue weighted by atomic mass is 127. The van der Waals surface area contributed by atoms with Gasteiger partial charge in [-0.2, -0.15) is 0 Å². The number of alkyl carbamates (subject to hydrolysis) is 1. The van der Waals surface area contributed by atoms with Crippen LogP contribution in [0.4, 0.5) is 4.79 Å². The van der Waals surface area contributed by atoms with Crippen molar-refractivity contribution in [3.05, 3.63) is 61.0 Å². The molecule has 6 nitrogen and oxygen atoms in total. The first-order chi connectivity index (χ1) is 13.6. The summed E-state index contributed by atoms with van der Waals surface area (Å²) in [6, 6.07) is 12.5. The highest BCUT2D eigenvalue weighted by molar-refractivity contribution is 14.1. The van der Waals surface area contributed by atoms with Crippen molar-refractivity contribution >= 4 is 57.2 Å². The van der Waals surface area contributed by atoms with Crippen LogP contribution in [0.15, 0.2) is 42.5 Å². The van der Waals surface area contributed by atoms with Crippen molar-refractivity contribution in [3.8, 4) is 0 Å². The zero-order valence-electron chi connectivity index (χ0n) is 16.6. The second-order valence-electron chi connectivity index (χ2n) is 7.41. The molecule has 1 N–H and O–H groups in total. The summed E-state index contributed by atoms with van der Waals surface area (Å²) < 4.78 is 12.7. The molecule has 0 bridgehead atoms. The normalized spacial score (nSPS) is 12.2. The Hall–Kier alpha value is -1.43. The number of pyridine rings is 1. The predicted molar refractivity (Wildman–Crippen MR) is 127 cm³/mol. The van der Waals surface area contributed by atoms with Gasteiger partial charge in [0, 0.05) is 9.26 Å². The molecule has 0 aliphatic rings. The summed E-state index contributed by atoms with van der Waals surface area (Å²) in [7, 11) is 0. The van der Waals surface area contributed by atoms with E-state index >= 15 is 0 Å². The molecule has 8 heteroatoms. The van der Waals surface area contributed by atoms with Gasteiger partial charge in [0.25, 0.3) is 0 Å². The Bertz CT molecular complexity index is 838. The summed E-state index contributed by atoms with van der Waals surface area (Å²) in [5.41, 5.74) is 1.07.